The first-order valence-corrected chi connectivity index (χ1v) is 17.9. The molecule has 2 aliphatic heterocycles. The van der Waals surface area contributed by atoms with E-state index in [1.54, 1.807) is 32.7 Å². The van der Waals surface area contributed by atoms with Gasteiger partial charge in [-0.3, -0.25) is 24.1 Å². The third-order valence-electron chi connectivity index (χ3n) is 8.55. The normalized spacial score (nSPS) is 12.4. The van der Waals surface area contributed by atoms with Crippen molar-refractivity contribution >= 4 is 46.0 Å². The molecule has 6 aromatic rings. The Balaban J connectivity index is 0.000000164. The standard InChI is InChI=1S/C21H16N4O2.C20H16IN3O2/c1-3-14-8-9-17-15(11-14)19(16-7-5-6-10-22-16)23-12-18-20(21(26)27-4-2)24-13-25(17)18;1-2-26-20(25)19-17-11-22-18(13-6-4-3-5-7-13)15-10-14(21)8-9-16(15)24(17)12-23-19/h1,5-11,13H,4,12H2,2H3;3-10,12H,2,11H2,1H3. The molecule has 53 heavy (non-hydrogen) atoms. The number of hydrogen-bond donors (Lipinski definition) is 0. The molecule has 2 aliphatic rings. The first-order valence-electron chi connectivity index (χ1n) is 16.9. The van der Waals surface area contributed by atoms with Gasteiger partial charge < -0.3 is 9.47 Å². The minimum absolute atomic E-state index is 0.273. The first kappa shape index (κ1) is 35.2. The lowest BCUT2D eigenvalue weighted by atomic mass is 10.0. The van der Waals surface area contributed by atoms with Crippen molar-refractivity contribution in [1.29, 1.82) is 0 Å². The van der Waals surface area contributed by atoms with Crippen LogP contribution in [0.4, 0.5) is 0 Å². The van der Waals surface area contributed by atoms with Gasteiger partial charge in [0.1, 0.15) is 12.7 Å². The quantitative estimate of drug-likeness (QED) is 0.103. The zero-order chi connectivity index (χ0) is 36.9. The van der Waals surface area contributed by atoms with E-state index >= 15 is 0 Å². The number of hydrogen-bond acceptors (Lipinski definition) is 9. The molecule has 5 heterocycles. The van der Waals surface area contributed by atoms with E-state index in [1.165, 1.54) is 0 Å². The van der Waals surface area contributed by atoms with Crippen LogP contribution >= 0.6 is 22.6 Å². The van der Waals surface area contributed by atoms with Gasteiger partial charge in [-0.25, -0.2) is 19.6 Å². The Kier molecular flexibility index (Phi) is 10.4. The van der Waals surface area contributed by atoms with Gasteiger partial charge in [0.25, 0.3) is 0 Å². The monoisotopic (exact) mass is 813 g/mol. The van der Waals surface area contributed by atoms with Crippen molar-refractivity contribution in [1.82, 2.24) is 24.1 Å². The van der Waals surface area contributed by atoms with Gasteiger partial charge >= 0.3 is 11.9 Å². The maximum absolute atomic E-state index is 12.3. The SMILES string of the molecule is C#Cc1ccc2c(c1)C(c1ccccn1)=NCc1c(C(=O)OCC)ncn1-2.CCOC(=O)c1ncn2c1CN=C(c1ccccc1)c1cc(I)ccc1-2. The molecule has 0 saturated carbocycles. The van der Waals surface area contributed by atoms with Crippen molar-refractivity contribution in [2.75, 3.05) is 13.2 Å². The van der Waals surface area contributed by atoms with Crippen molar-refractivity contribution in [3.8, 4) is 23.7 Å². The maximum Gasteiger partial charge on any atom is 0.358 e. The fourth-order valence-corrected chi connectivity index (χ4v) is 6.67. The summed E-state index contributed by atoms with van der Waals surface area (Å²) in [7, 11) is 0. The Bertz CT molecular complexity index is 2440. The number of carbonyl (C=O) groups excluding carboxylic acids is 2. The van der Waals surface area contributed by atoms with E-state index in [2.05, 4.69) is 49.5 Å². The number of ether oxygens (including phenoxy) is 2. The molecule has 8 rings (SSSR count). The molecule has 262 valence electrons. The summed E-state index contributed by atoms with van der Waals surface area (Å²) in [5.74, 6) is 1.79. The number of imidazole rings is 2. The third-order valence-corrected chi connectivity index (χ3v) is 9.22. The van der Waals surface area contributed by atoms with Crippen LogP contribution in [0.1, 0.15) is 74.2 Å². The fraction of sp³-hybridized carbons (Fsp3) is 0.146. The number of nitrogens with zero attached hydrogens (tertiary/aromatic N) is 7. The second kappa shape index (κ2) is 15.6. The molecule has 0 aliphatic carbocycles. The summed E-state index contributed by atoms with van der Waals surface area (Å²) in [4.78, 5) is 47.1. The largest absolute Gasteiger partial charge is 0.461 e. The molecule has 3 aromatic heterocycles. The Morgan fingerprint density at radius 2 is 1.32 bits per heavy atom. The summed E-state index contributed by atoms with van der Waals surface area (Å²) in [6, 6.07) is 27.6. The van der Waals surface area contributed by atoms with E-state index in [9.17, 15) is 9.59 Å². The Morgan fingerprint density at radius 3 is 1.91 bits per heavy atom. The van der Waals surface area contributed by atoms with Crippen molar-refractivity contribution < 1.29 is 19.1 Å². The molecule has 0 spiro atoms. The number of aliphatic imine (C=N–C) groups is 2. The Morgan fingerprint density at radius 1 is 0.736 bits per heavy atom. The van der Waals surface area contributed by atoms with Crippen LogP contribution in [-0.2, 0) is 22.6 Å². The van der Waals surface area contributed by atoms with Gasteiger partial charge in [-0.15, -0.1) is 6.42 Å². The molecule has 0 fully saturated rings. The number of fused-ring (bicyclic) bond motifs is 6. The predicted molar refractivity (Wildman–Crippen MR) is 209 cm³/mol. The van der Waals surface area contributed by atoms with Crippen LogP contribution in [0, 0.1) is 15.9 Å². The smallest absolute Gasteiger partial charge is 0.358 e. The summed E-state index contributed by atoms with van der Waals surface area (Å²) < 4.78 is 15.2. The summed E-state index contributed by atoms with van der Waals surface area (Å²) in [6.07, 6.45) is 10.6. The highest BCUT2D eigenvalue weighted by molar-refractivity contribution is 14.1. The van der Waals surface area contributed by atoms with Crippen LogP contribution in [0.5, 0.6) is 0 Å². The van der Waals surface area contributed by atoms with E-state index in [1.807, 2.05) is 88.0 Å². The average molecular weight is 814 g/mol. The van der Waals surface area contributed by atoms with Crippen LogP contribution in [0.15, 0.2) is 114 Å². The number of esters is 2. The zero-order valence-electron chi connectivity index (χ0n) is 28.9. The molecule has 0 radical (unpaired) electrons. The minimum atomic E-state index is -0.454. The Labute approximate surface area is 319 Å². The van der Waals surface area contributed by atoms with Crippen LogP contribution in [0.2, 0.25) is 0 Å². The number of rotatable bonds is 6. The second-order valence-electron chi connectivity index (χ2n) is 11.7. The fourth-order valence-electron chi connectivity index (χ4n) is 6.18. The molecule has 12 heteroatoms. The minimum Gasteiger partial charge on any atom is -0.461 e. The van der Waals surface area contributed by atoms with Crippen LogP contribution in [0.25, 0.3) is 11.4 Å². The summed E-state index contributed by atoms with van der Waals surface area (Å²) in [5.41, 5.74) is 9.86. The number of terminal acetylenes is 1. The lowest BCUT2D eigenvalue weighted by Crippen LogP contribution is -2.09. The van der Waals surface area contributed by atoms with Gasteiger partial charge in [0, 0.05) is 32.0 Å². The molecule has 0 amide bonds. The highest BCUT2D eigenvalue weighted by Crippen LogP contribution is 2.29. The van der Waals surface area contributed by atoms with E-state index in [0.29, 0.717) is 24.5 Å². The number of benzene rings is 3. The molecule has 0 unspecified atom stereocenters. The zero-order valence-corrected chi connectivity index (χ0v) is 31.0. The summed E-state index contributed by atoms with van der Waals surface area (Å²) in [5, 5.41) is 0. The van der Waals surface area contributed by atoms with Gasteiger partial charge in [-0.05, 0) is 85.0 Å². The molecule has 0 bridgehead atoms. The number of aromatic nitrogens is 5. The molecule has 0 atom stereocenters. The van der Waals surface area contributed by atoms with E-state index < -0.39 is 11.9 Å². The van der Waals surface area contributed by atoms with Crippen LogP contribution in [-0.4, -0.2) is 60.7 Å². The van der Waals surface area contributed by atoms with E-state index in [4.69, 9.17) is 25.9 Å². The van der Waals surface area contributed by atoms with Gasteiger partial charge in [0.2, 0.25) is 0 Å². The van der Waals surface area contributed by atoms with E-state index in [-0.39, 0.29) is 18.8 Å². The maximum atomic E-state index is 12.3. The molecular formula is C41H32IN7O4. The van der Waals surface area contributed by atoms with Crippen LogP contribution < -0.4 is 0 Å². The third kappa shape index (κ3) is 7.03. The molecular weight excluding hydrogens is 781 g/mol. The highest BCUT2D eigenvalue weighted by Gasteiger charge is 2.27. The molecule has 3 aromatic carbocycles. The van der Waals surface area contributed by atoms with Gasteiger partial charge in [0.05, 0.1) is 66.2 Å². The highest BCUT2D eigenvalue weighted by atomic mass is 127. The molecule has 11 nitrogen and oxygen atoms in total. The average Bonchev–Trinajstić information content (AvgIpc) is 3.73. The van der Waals surface area contributed by atoms with Gasteiger partial charge in [-0.2, -0.15) is 0 Å². The lowest BCUT2D eigenvalue weighted by Gasteiger charge is -2.12. The predicted octanol–water partition coefficient (Wildman–Crippen LogP) is 6.78. The van der Waals surface area contributed by atoms with Crippen molar-refractivity contribution in [3.05, 3.63) is 158 Å². The number of halogens is 1. The van der Waals surface area contributed by atoms with Gasteiger partial charge in [0.15, 0.2) is 11.4 Å². The Hall–Kier alpha value is -6.20. The van der Waals surface area contributed by atoms with E-state index in [0.717, 1.165) is 60.0 Å². The number of pyridine rings is 1. The summed E-state index contributed by atoms with van der Waals surface area (Å²) >= 11 is 2.30. The van der Waals surface area contributed by atoms with Crippen molar-refractivity contribution in [2.24, 2.45) is 9.98 Å². The summed E-state index contributed by atoms with van der Waals surface area (Å²) in [6.45, 7) is 4.80. The van der Waals surface area contributed by atoms with Gasteiger partial charge in [-0.1, -0.05) is 42.3 Å². The lowest BCUT2D eigenvalue weighted by molar-refractivity contribution is 0.0509. The number of carbonyl (C=O) groups is 2. The topological polar surface area (TPSA) is 126 Å². The second-order valence-corrected chi connectivity index (χ2v) is 13.0. The molecule has 0 saturated heterocycles. The first-order chi connectivity index (χ1) is 25.9. The van der Waals surface area contributed by atoms with Crippen molar-refractivity contribution in [3.63, 3.8) is 0 Å². The molecule has 0 N–H and O–H groups in total. The van der Waals surface area contributed by atoms with Crippen LogP contribution in [0.3, 0.4) is 0 Å². The van der Waals surface area contributed by atoms with Crippen molar-refractivity contribution in [2.45, 2.75) is 26.9 Å².